The quantitative estimate of drug-likeness (QED) is 0.645. The summed E-state index contributed by atoms with van der Waals surface area (Å²) < 4.78 is 0. The molecule has 1 fully saturated rings. The Hall–Kier alpha value is -1.36. The van der Waals surface area contributed by atoms with Gasteiger partial charge in [-0.1, -0.05) is 0 Å². The molecule has 1 aromatic rings. The smallest absolute Gasteiger partial charge is 0.339 e. The molecule has 0 aliphatic carbocycles. The predicted molar refractivity (Wildman–Crippen MR) is 50.4 cm³/mol. The monoisotopic (exact) mass is 195 g/mol. The highest BCUT2D eigenvalue weighted by Gasteiger charge is 2.22. The second-order valence-electron chi connectivity index (χ2n) is 3.55. The number of aromatic nitrogens is 2. The first-order valence-electron chi connectivity index (χ1n) is 4.76. The normalized spacial score (nSPS) is 22.1. The molecule has 14 heavy (non-hydrogen) atoms. The summed E-state index contributed by atoms with van der Waals surface area (Å²) in [5.41, 5.74) is 1.06. The zero-order valence-corrected chi connectivity index (χ0v) is 7.79. The lowest BCUT2D eigenvalue weighted by atomic mass is 9.94. The zero-order chi connectivity index (χ0) is 9.97. The third-order valence-corrected chi connectivity index (χ3v) is 2.60. The van der Waals surface area contributed by atoms with Gasteiger partial charge < -0.3 is 10.4 Å². The Balaban J connectivity index is 2.21. The number of hydrogen-bond donors (Lipinski definition) is 3. The highest BCUT2D eigenvalue weighted by molar-refractivity contribution is 5.88. The maximum Gasteiger partial charge on any atom is 0.339 e. The van der Waals surface area contributed by atoms with E-state index < -0.39 is 5.97 Å². The lowest BCUT2D eigenvalue weighted by Gasteiger charge is -2.21. The Morgan fingerprint density at radius 3 is 3.14 bits per heavy atom. The van der Waals surface area contributed by atoms with Crippen molar-refractivity contribution in [2.45, 2.75) is 18.8 Å². The number of hydrogen-bond acceptors (Lipinski definition) is 3. The standard InChI is InChI=1S/C9H13N3O2/c13-9(14)7-5-11-12-8(7)6-2-1-3-10-4-6/h5-6,10H,1-4H2,(H,11,12)(H,13,14)/t6-/m0/s1. The van der Waals surface area contributed by atoms with E-state index in [0.29, 0.717) is 5.56 Å². The van der Waals surface area contributed by atoms with Gasteiger partial charge in [0.05, 0.1) is 11.9 Å². The molecule has 3 N–H and O–H groups in total. The van der Waals surface area contributed by atoms with Gasteiger partial charge in [0.25, 0.3) is 0 Å². The number of piperidine rings is 1. The topological polar surface area (TPSA) is 78.0 Å². The number of carboxylic acids is 1. The molecule has 0 radical (unpaired) electrons. The van der Waals surface area contributed by atoms with Gasteiger partial charge >= 0.3 is 5.97 Å². The number of nitrogens with one attached hydrogen (secondary N) is 2. The lowest BCUT2D eigenvalue weighted by Crippen LogP contribution is -2.29. The van der Waals surface area contributed by atoms with E-state index in [1.807, 2.05) is 0 Å². The molecule has 1 atom stereocenters. The lowest BCUT2D eigenvalue weighted by molar-refractivity contribution is 0.0695. The molecule has 0 amide bonds. The van der Waals surface area contributed by atoms with Gasteiger partial charge in [-0.3, -0.25) is 5.10 Å². The summed E-state index contributed by atoms with van der Waals surface area (Å²) in [5.74, 6) is -0.642. The van der Waals surface area contributed by atoms with Crippen molar-refractivity contribution in [1.82, 2.24) is 15.5 Å². The predicted octanol–water partition coefficient (Wildman–Crippen LogP) is 0.575. The van der Waals surface area contributed by atoms with Crippen LogP contribution in [0.2, 0.25) is 0 Å². The van der Waals surface area contributed by atoms with E-state index in [1.165, 1.54) is 6.20 Å². The van der Waals surface area contributed by atoms with Crippen LogP contribution < -0.4 is 5.32 Å². The van der Waals surface area contributed by atoms with Crippen molar-refractivity contribution in [3.8, 4) is 0 Å². The van der Waals surface area contributed by atoms with Crippen LogP contribution in [-0.2, 0) is 0 Å². The Morgan fingerprint density at radius 1 is 1.64 bits per heavy atom. The van der Waals surface area contributed by atoms with E-state index in [2.05, 4.69) is 15.5 Å². The summed E-state index contributed by atoms with van der Waals surface area (Å²) in [6.07, 6.45) is 3.49. The van der Waals surface area contributed by atoms with E-state index in [-0.39, 0.29) is 5.92 Å². The van der Waals surface area contributed by atoms with Gasteiger partial charge in [-0.05, 0) is 19.4 Å². The Labute approximate surface area is 81.5 Å². The second kappa shape index (κ2) is 3.79. The molecule has 1 aliphatic heterocycles. The molecule has 0 bridgehead atoms. The van der Waals surface area contributed by atoms with E-state index in [0.717, 1.165) is 31.6 Å². The molecule has 2 rings (SSSR count). The summed E-state index contributed by atoms with van der Waals surface area (Å²) in [7, 11) is 0. The number of rotatable bonds is 2. The van der Waals surface area contributed by atoms with E-state index in [4.69, 9.17) is 5.11 Å². The van der Waals surface area contributed by atoms with Crippen LogP contribution in [0.5, 0.6) is 0 Å². The number of H-pyrrole nitrogens is 1. The molecule has 1 aliphatic rings. The minimum atomic E-state index is -0.903. The van der Waals surface area contributed by atoms with E-state index in [9.17, 15) is 4.79 Å². The highest BCUT2D eigenvalue weighted by atomic mass is 16.4. The first-order valence-corrected chi connectivity index (χ1v) is 4.76. The van der Waals surface area contributed by atoms with Crippen LogP contribution in [-0.4, -0.2) is 34.4 Å². The summed E-state index contributed by atoms with van der Waals surface area (Å²) in [5, 5.41) is 18.7. The third-order valence-electron chi connectivity index (χ3n) is 2.60. The first kappa shape index (κ1) is 9.21. The average Bonchev–Trinajstić information content (AvgIpc) is 2.67. The molecular formula is C9H13N3O2. The largest absolute Gasteiger partial charge is 0.478 e. The molecule has 1 saturated heterocycles. The minimum absolute atomic E-state index is 0.261. The molecule has 1 aromatic heterocycles. The second-order valence-corrected chi connectivity index (χ2v) is 3.55. The number of carbonyl (C=O) groups is 1. The van der Waals surface area contributed by atoms with Gasteiger partial charge in [-0.25, -0.2) is 4.79 Å². The first-order chi connectivity index (χ1) is 6.79. The van der Waals surface area contributed by atoms with Gasteiger partial charge in [0.1, 0.15) is 5.56 Å². The number of nitrogens with zero attached hydrogens (tertiary/aromatic N) is 1. The molecule has 0 unspecified atom stereocenters. The molecule has 0 spiro atoms. The number of carboxylic acid groups (broad SMARTS) is 1. The molecule has 5 nitrogen and oxygen atoms in total. The van der Waals surface area contributed by atoms with Gasteiger partial charge in [0.15, 0.2) is 0 Å². The Morgan fingerprint density at radius 2 is 2.50 bits per heavy atom. The fraction of sp³-hybridized carbons (Fsp3) is 0.556. The van der Waals surface area contributed by atoms with Crippen molar-refractivity contribution in [2.24, 2.45) is 0 Å². The van der Waals surface area contributed by atoms with Crippen LogP contribution in [0.25, 0.3) is 0 Å². The van der Waals surface area contributed by atoms with Crippen LogP contribution in [0, 0.1) is 0 Å². The van der Waals surface area contributed by atoms with Gasteiger partial charge in [0, 0.05) is 12.5 Å². The summed E-state index contributed by atoms with van der Waals surface area (Å²) >= 11 is 0. The number of aromatic carboxylic acids is 1. The summed E-state index contributed by atoms with van der Waals surface area (Å²) in [6, 6.07) is 0. The summed E-state index contributed by atoms with van der Waals surface area (Å²) in [6.45, 7) is 1.86. The van der Waals surface area contributed by atoms with Crippen molar-refractivity contribution in [2.75, 3.05) is 13.1 Å². The minimum Gasteiger partial charge on any atom is -0.478 e. The Kier molecular flexibility index (Phi) is 2.49. The molecule has 76 valence electrons. The SMILES string of the molecule is O=C(O)c1cn[nH]c1[C@H]1CCCNC1. The van der Waals surface area contributed by atoms with Gasteiger partial charge in [-0.15, -0.1) is 0 Å². The Bertz CT molecular complexity index is 329. The fourth-order valence-electron chi connectivity index (χ4n) is 1.88. The average molecular weight is 195 g/mol. The van der Waals surface area contributed by atoms with E-state index >= 15 is 0 Å². The van der Waals surface area contributed by atoms with Crippen LogP contribution >= 0.6 is 0 Å². The van der Waals surface area contributed by atoms with Gasteiger partial charge in [0.2, 0.25) is 0 Å². The highest BCUT2D eigenvalue weighted by Crippen LogP contribution is 2.23. The molecule has 5 heteroatoms. The third kappa shape index (κ3) is 1.63. The maximum absolute atomic E-state index is 10.8. The van der Waals surface area contributed by atoms with Crippen molar-refractivity contribution < 1.29 is 9.90 Å². The van der Waals surface area contributed by atoms with Crippen molar-refractivity contribution in [3.63, 3.8) is 0 Å². The van der Waals surface area contributed by atoms with Crippen LogP contribution in [0.4, 0.5) is 0 Å². The van der Waals surface area contributed by atoms with Crippen molar-refractivity contribution in [1.29, 1.82) is 0 Å². The number of aromatic amines is 1. The van der Waals surface area contributed by atoms with Crippen LogP contribution in [0.3, 0.4) is 0 Å². The molecule has 0 saturated carbocycles. The molecule has 0 aromatic carbocycles. The fourth-order valence-corrected chi connectivity index (χ4v) is 1.88. The summed E-state index contributed by atoms with van der Waals surface area (Å²) in [4.78, 5) is 10.8. The maximum atomic E-state index is 10.8. The molecule has 2 heterocycles. The van der Waals surface area contributed by atoms with Crippen molar-refractivity contribution in [3.05, 3.63) is 17.5 Å². The van der Waals surface area contributed by atoms with Crippen LogP contribution in [0.15, 0.2) is 6.20 Å². The van der Waals surface area contributed by atoms with Crippen LogP contribution in [0.1, 0.15) is 34.8 Å². The van der Waals surface area contributed by atoms with E-state index in [1.54, 1.807) is 0 Å². The zero-order valence-electron chi connectivity index (χ0n) is 7.79. The van der Waals surface area contributed by atoms with Crippen molar-refractivity contribution >= 4 is 5.97 Å². The molecular weight excluding hydrogens is 182 g/mol. The van der Waals surface area contributed by atoms with Gasteiger partial charge in [-0.2, -0.15) is 5.10 Å².